The van der Waals surface area contributed by atoms with Crippen LogP contribution in [0, 0.1) is 11.3 Å². The number of allylic oxidation sites excluding steroid dienone is 2. The Balaban J connectivity index is 2.45. The Morgan fingerprint density at radius 1 is 1.30 bits per heavy atom. The molecule has 2 aliphatic rings. The Hall–Kier alpha value is -3.22. The van der Waals surface area contributed by atoms with E-state index in [1.807, 2.05) is 0 Å². The summed E-state index contributed by atoms with van der Waals surface area (Å²) < 4.78 is 40.1. The van der Waals surface area contributed by atoms with Crippen LogP contribution in [-0.2, 0) is 0 Å². The largest absolute Gasteiger partial charge is 0.418 e. The van der Waals surface area contributed by atoms with Crippen molar-refractivity contribution in [1.82, 2.24) is 15.0 Å². The summed E-state index contributed by atoms with van der Waals surface area (Å²) in [7, 11) is 0. The van der Waals surface area contributed by atoms with Crippen LogP contribution in [-0.4, -0.2) is 22.4 Å². The zero-order valence-electron chi connectivity index (χ0n) is 11.3. The molecule has 0 spiro atoms. The molecule has 1 aromatic rings. The summed E-state index contributed by atoms with van der Waals surface area (Å²) in [6.07, 6.45) is -1.68. The van der Waals surface area contributed by atoms with E-state index in [1.54, 1.807) is 6.07 Å². The Labute approximate surface area is 125 Å². The van der Waals surface area contributed by atoms with Gasteiger partial charge in [-0.1, -0.05) is 0 Å². The fraction of sp³-hybridized carbons (Fsp3) is 0.154. The number of dihydropyridines is 1. The minimum absolute atomic E-state index is 0.00420. The van der Waals surface area contributed by atoms with E-state index in [4.69, 9.17) is 5.26 Å². The molecule has 0 atom stereocenters. The lowest BCUT2D eigenvalue weighted by molar-refractivity contribution is -0.0876. The summed E-state index contributed by atoms with van der Waals surface area (Å²) in [6, 6.07) is 1.81. The molecule has 0 amide bonds. The molecule has 0 bridgehead atoms. The molecule has 3 heterocycles. The highest BCUT2D eigenvalue weighted by Crippen LogP contribution is 2.31. The maximum atomic E-state index is 13.1. The molecule has 3 N–H and O–H groups in total. The summed E-state index contributed by atoms with van der Waals surface area (Å²) in [4.78, 5) is 26.8. The minimum Gasteiger partial charge on any atom is -0.360 e. The number of aromatic amines is 1. The Kier molecular flexibility index (Phi) is 3.14. The minimum atomic E-state index is -4.74. The van der Waals surface area contributed by atoms with Crippen molar-refractivity contribution in [3.05, 3.63) is 55.3 Å². The zero-order valence-corrected chi connectivity index (χ0v) is 11.3. The van der Waals surface area contributed by atoms with Crippen LogP contribution in [0.5, 0.6) is 0 Å². The summed E-state index contributed by atoms with van der Waals surface area (Å²) >= 11 is 0. The third kappa shape index (κ3) is 2.22. The Morgan fingerprint density at radius 2 is 2.04 bits per heavy atom. The van der Waals surface area contributed by atoms with E-state index in [-0.39, 0.29) is 17.6 Å². The van der Waals surface area contributed by atoms with Gasteiger partial charge in [0.25, 0.3) is 11.1 Å². The number of rotatable bonds is 0. The maximum Gasteiger partial charge on any atom is 0.418 e. The van der Waals surface area contributed by atoms with Crippen LogP contribution >= 0.6 is 0 Å². The quantitative estimate of drug-likeness (QED) is 0.538. The molecular weight excluding hydrogens is 315 g/mol. The Morgan fingerprint density at radius 3 is 2.70 bits per heavy atom. The van der Waals surface area contributed by atoms with Gasteiger partial charge in [-0.05, 0) is 12.2 Å². The van der Waals surface area contributed by atoms with Gasteiger partial charge >= 0.3 is 6.18 Å². The number of nitrogens with one attached hydrogen (secondary N) is 3. The van der Waals surface area contributed by atoms with Crippen LogP contribution in [0.2, 0.25) is 0 Å². The van der Waals surface area contributed by atoms with Gasteiger partial charge in [-0.25, -0.2) is 4.68 Å². The van der Waals surface area contributed by atoms with Crippen LogP contribution in [0.3, 0.4) is 0 Å². The molecule has 3 rings (SSSR count). The van der Waals surface area contributed by atoms with Crippen LogP contribution in [0.15, 0.2) is 33.5 Å². The summed E-state index contributed by atoms with van der Waals surface area (Å²) in [6.45, 7) is -0.00420. The first-order valence-corrected chi connectivity index (χ1v) is 6.32. The number of alkyl halides is 3. The van der Waals surface area contributed by atoms with Crippen molar-refractivity contribution < 1.29 is 13.2 Å². The van der Waals surface area contributed by atoms with Crippen molar-refractivity contribution in [3.8, 4) is 6.07 Å². The lowest BCUT2D eigenvalue weighted by Gasteiger charge is -2.17. The smallest absolute Gasteiger partial charge is 0.360 e. The number of hydrogen-bond acceptors (Lipinski definition) is 5. The number of aromatic nitrogens is 2. The molecule has 0 saturated carbocycles. The van der Waals surface area contributed by atoms with Crippen molar-refractivity contribution >= 4 is 11.3 Å². The van der Waals surface area contributed by atoms with Gasteiger partial charge in [0.15, 0.2) is 5.48 Å². The average molecular weight is 323 g/mol. The van der Waals surface area contributed by atoms with Crippen LogP contribution in [0.1, 0.15) is 0 Å². The van der Waals surface area contributed by atoms with Gasteiger partial charge in [0.2, 0.25) is 0 Å². The van der Waals surface area contributed by atoms with Gasteiger partial charge in [-0.2, -0.15) is 18.4 Å². The van der Waals surface area contributed by atoms with E-state index in [0.29, 0.717) is 0 Å². The van der Waals surface area contributed by atoms with Gasteiger partial charge in [0.1, 0.15) is 11.3 Å². The van der Waals surface area contributed by atoms with Crippen molar-refractivity contribution in [2.45, 2.75) is 6.18 Å². The lowest BCUT2D eigenvalue weighted by Crippen LogP contribution is -2.56. The molecule has 0 aliphatic carbocycles. The van der Waals surface area contributed by atoms with Gasteiger partial charge in [0.05, 0.1) is 23.4 Å². The second-order valence-electron chi connectivity index (χ2n) is 4.70. The van der Waals surface area contributed by atoms with Crippen LogP contribution in [0.4, 0.5) is 13.2 Å². The predicted molar refractivity (Wildman–Crippen MR) is 73.6 cm³/mol. The molecule has 23 heavy (non-hydrogen) atoms. The van der Waals surface area contributed by atoms with Gasteiger partial charge < -0.3 is 15.7 Å². The van der Waals surface area contributed by atoms with E-state index in [1.165, 1.54) is 6.20 Å². The molecule has 7 nitrogen and oxygen atoms in total. The fourth-order valence-electron chi connectivity index (χ4n) is 2.33. The van der Waals surface area contributed by atoms with E-state index in [9.17, 15) is 22.8 Å². The number of halogens is 3. The number of hydrogen-bond donors (Lipinski definition) is 3. The molecule has 10 heteroatoms. The molecule has 0 aromatic carbocycles. The SMILES string of the molecule is N#CC1=c2[nH]c(=O)c(=C3NC=CC=C3C(F)(F)F)c(=O)n2NC1. The third-order valence-electron chi connectivity index (χ3n) is 3.35. The number of fused-ring (bicyclic) bond motifs is 1. The van der Waals surface area contributed by atoms with E-state index < -0.39 is 33.8 Å². The Bertz CT molecular complexity index is 1030. The molecular formula is C13H8F3N5O2. The lowest BCUT2D eigenvalue weighted by atomic mass is 10.1. The number of nitriles is 1. The monoisotopic (exact) mass is 323 g/mol. The van der Waals surface area contributed by atoms with Crippen LogP contribution in [0.25, 0.3) is 11.3 Å². The number of H-pyrrole nitrogens is 1. The van der Waals surface area contributed by atoms with Crippen LogP contribution < -0.4 is 32.6 Å². The summed E-state index contributed by atoms with van der Waals surface area (Å²) in [5.74, 6) is 0. The van der Waals surface area contributed by atoms with Crippen molar-refractivity contribution in [3.63, 3.8) is 0 Å². The highest BCUT2D eigenvalue weighted by molar-refractivity contribution is 5.67. The standard InChI is InChI=1S/C13H8F3N5O2/c14-13(15,16)7-2-1-3-18-9(7)8-11(22)20-10-6(4-17)5-19-21(10)12(8)23/h1-3,18-19H,5H2,(H,20,22). The molecule has 1 aromatic heterocycles. The molecule has 0 radical (unpaired) electrons. The average Bonchev–Trinajstić information content (AvgIpc) is 2.89. The van der Waals surface area contributed by atoms with Gasteiger partial charge in [-0.15, -0.1) is 0 Å². The third-order valence-corrected chi connectivity index (χ3v) is 3.35. The maximum absolute atomic E-state index is 13.1. The fourth-order valence-corrected chi connectivity index (χ4v) is 2.33. The van der Waals surface area contributed by atoms with Crippen molar-refractivity contribution in [2.24, 2.45) is 0 Å². The van der Waals surface area contributed by atoms with E-state index in [2.05, 4.69) is 15.7 Å². The molecule has 2 aliphatic heterocycles. The zero-order chi connectivity index (χ0) is 16.8. The molecule has 0 unspecified atom stereocenters. The normalized spacial score (nSPS) is 18.7. The number of nitrogens with zero attached hydrogens (tertiary/aromatic N) is 2. The summed E-state index contributed by atoms with van der Waals surface area (Å²) in [5, 5.41) is 10.5. The van der Waals surface area contributed by atoms with E-state index >= 15 is 0 Å². The first kappa shape index (κ1) is 14.7. The molecule has 118 valence electrons. The van der Waals surface area contributed by atoms with Crippen molar-refractivity contribution in [1.29, 1.82) is 5.26 Å². The summed E-state index contributed by atoms with van der Waals surface area (Å²) in [5.41, 5.74) is -1.15. The highest BCUT2D eigenvalue weighted by atomic mass is 19.4. The predicted octanol–water partition coefficient (Wildman–Crippen LogP) is -1.52. The first-order chi connectivity index (χ1) is 10.8. The second-order valence-corrected chi connectivity index (χ2v) is 4.70. The van der Waals surface area contributed by atoms with Crippen molar-refractivity contribution in [2.75, 3.05) is 12.0 Å². The van der Waals surface area contributed by atoms with Gasteiger partial charge in [-0.3, -0.25) is 9.59 Å². The highest BCUT2D eigenvalue weighted by Gasteiger charge is 2.37. The van der Waals surface area contributed by atoms with E-state index in [0.717, 1.165) is 16.8 Å². The molecule has 0 saturated heterocycles. The second kappa shape index (κ2) is 4.91. The molecule has 0 fully saturated rings. The van der Waals surface area contributed by atoms with Gasteiger partial charge in [0, 0.05) is 6.20 Å². The first-order valence-electron chi connectivity index (χ1n) is 6.32. The topological polar surface area (TPSA) is 103 Å².